The van der Waals surface area contributed by atoms with E-state index in [1.54, 1.807) is 10.6 Å². The summed E-state index contributed by atoms with van der Waals surface area (Å²) in [5.74, 6) is 0. The van der Waals surface area contributed by atoms with Gasteiger partial charge in [-0.25, -0.2) is 0 Å². The Morgan fingerprint density at radius 1 is 0.345 bits per heavy atom. The van der Waals surface area contributed by atoms with E-state index in [0.717, 1.165) is 0 Å². The maximum atomic E-state index is 2.40. The van der Waals surface area contributed by atoms with Gasteiger partial charge in [0.25, 0.3) is 0 Å². The Balaban J connectivity index is 0.000000394. The number of benzene rings is 4. The topological polar surface area (TPSA) is 0 Å². The molecule has 0 aromatic heterocycles. The summed E-state index contributed by atoms with van der Waals surface area (Å²) in [5.41, 5.74) is 0. The normalized spacial score (nSPS) is 11.6. The molecule has 0 bridgehead atoms. The van der Waals surface area contributed by atoms with Gasteiger partial charge in [0.1, 0.15) is 0 Å². The van der Waals surface area contributed by atoms with Crippen molar-refractivity contribution in [2.45, 2.75) is 104 Å². The summed E-state index contributed by atoms with van der Waals surface area (Å²) in [7, 11) is -0.369. The molecule has 0 saturated heterocycles. The first-order valence-corrected chi connectivity index (χ1v) is 22.1. The molecule has 0 amide bonds. The summed E-state index contributed by atoms with van der Waals surface area (Å²) in [5, 5.41) is 15.3. The van der Waals surface area contributed by atoms with E-state index in [9.17, 15) is 0 Å². The van der Waals surface area contributed by atoms with E-state index in [4.69, 9.17) is 0 Å². The minimum atomic E-state index is -0.185. The Kier molecular flexibility index (Phi) is 21.7. The van der Waals surface area contributed by atoms with Gasteiger partial charge in [-0.2, -0.15) is 47.2 Å². The Morgan fingerprint density at radius 3 is 0.862 bits per heavy atom. The van der Waals surface area contributed by atoms with Crippen molar-refractivity contribution < 1.29 is 77.2 Å². The molecule has 304 valence electrons. The van der Waals surface area contributed by atoms with Crippen LogP contribution in [0, 0.1) is 0 Å². The quantitative estimate of drug-likeness (QED) is 0.120. The molecule has 0 spiro atoms. The third-order valence-electron chi connectivity index (χ3n) is 9.50. The second-order valence-electron chi connectivity index (χ2n) is 18.3. The maximum Gasteiger partial charge on any atom is 2.00 e. The number of hydrogen-bond acceptors (Lipinski definition) is 0. The second kappa shape index (κ2) is 23.1. The molecule has 58 heavy (non-hydrogen) atoms. The molecule has 0 radical (unpaired) electrons. The third kappa shape index (κ3) is 14.9. The van der Waals surface area contributed by atoms with Crippen molar-refractivity contribution in [1.82, 2.24) is 0 Å². The molecule has 8 aromatic rings. The number of fused-ring (bicyclic) bond motifs is 4. The molecule has 0 fully saturated rings. The molecule has 6 heteroatoms. The Bertz CT molecular complexity index is 2040. The molecule has 0 atom stereocenters. The predicted molar refractivity (Wildman–Crippen MR) is 250 cm³/mol. The van der Waals surface area contributed by atoms with Crippen LogP contribution < -0.4 is 35.4 Å². The molecule has 0 saturated carbocycles. The number of rotatable bonds is 2. The fourth-order valence-electron chi connectivity index (χ4n) is 8.23. The molecule has 8 aromatic carbocycles. The first kappa shape index (κ1) is 54.5. The molecule has 8 rings (SSSR count). The fraction of sp³-hybridized carbons (Fsp3) is 0.308. The van der Waals surface area contributed by atoms with Gasteiger partial charge < -0.3 is 24.8 Å². The van der Waals surface area contributed by atoms with Crippen LogP contribution in [0.2, 0.25) is 0 Å². The number of hydrogen-bond donors (Lipinski definition) is 0. The van der Waals surface area contributed by atoms with Crippen LogP contribution in [0.25, 0.3) is 43.1 Å². The summed E-state index contributed by atoms with van der Waals surface area (Å²) in [6.07, 6.45) is 0. The van der Waals surface area contributed by atoms with E-state index in [-0.39, 0.29) is 93.1 Å². The van der Waals surface area contributed by atoms with E-state index < -0.39 is 0 Å². The smallest absolute Gasteiger partial charge is 1.00 e. The van der Waals surface area contributed by atoms with Crippen molar-refractivity contribution in [2.75, 3.05) is 0 Å². The number of halogens is 2. The maximum absolute atomic E-state index is 2.40. The average molecular weight is 1000 g/mol. The first-order valence-electron chi connectivity index (χ1n) is 19.4. The van der Waals surface area contributed by atoms with E-state index in [0.29, 0.717) is 20.6 Å². The van der Waals surface area contributed by atoms with Gasteiger partial charge in [0.15, 0.2) is 0 Å². The molecule has 0 heterocycles. The van der Waals surface area contributed by atoms with Crippen LogP contribution in [-0.2, 0) is 52.4 Å². The summed E-state index contributed by atoms with van der Waals surface area (Å²) in [6, 6.07) is 56.3. The zero-order chi connectivity index (χ0) is 39.3. The average Bonchev–Trinajstić information content (AvgIpc) is 3.88. The van der Waals surface area contributed by atoms with Crippen LogP contribution in [-0.4, -0.2) is 20.6 Å². The van der Waals surface area contributed by atoms with Crippen LogP contribution in [0.5, 0.6) is 0 Å². The van der Waals surface area contributed by atoms with Gasteiger partial charge >= 0.3 is 52.4 Å². The zero-order valence-electron chi connectivity index (χ0n) is 36.7. The predicted octanol–water partition coefficient (Wildman–Crippen LogP) is 9.65. The second-order valence-corrected chi connectivity index (χ2v) is 26.1. The molecule has 0 aliphatic rings. The van der Waals surface area contributed by atoms with Gasteiger partial charge in [0.2, 0.25) is 0 Å². The molecule has 0 aliphatic carbocycles. The first-order chi connectivity index (χ1) is 25.3. The van der Waals surface area contributed by atoms with Crippen LogP contribution in [0.15, 0.2) is 158 Å². The van der Waals surface area contributed by atoms with Gasteiger partial charge in [0.05, 0.1) is 0 Å². The summed E-state index contributed by atoms with van der Waals surface area (Å²) in [4.78, 5) is 0. The van der Waals surface area contributed by atoms with Gasteiger partial charge in [-0.3, -0.25) is 0 Å². The van der Waals surface area contributed by atoms with Crippen molar-refractivity contribution >= 4 is 69.5 Å². The van der Waals surface area contributed by atoms with E-state index >= 15 is 0 Å². The van der Waals surface area contributed by atoms with Crippen LogP contribution in [0.1, 0.15) is 83.1 Å². The van der Waals surface area contributed by atoms with Crippen molar-refractivity contribution in [3.05, 3.63) is 158 Å². The van der Waals surface area contributed by atoms with Gasteiger partial charge in [0, 0.05) is 0 Å². The summed E-state index contributed by atoms with van der Waals surface area (Å²) in [6.45, 7) is 28.5. The summed E-state index contributed by atoms with van der Waals surface area (Å²) < 4.78 is 0. The van der Waals surface area contributed by atoms with E-state index in [1.165, 1.54) is 43.1 Å². The van der Waals surface area contributed by atoms with Crippen molar-refractivity contribution in [1.29, 1.82) is 0 Å². The molecule has 0 N–H and O–H groups in total. The minimum Gasteiger partial charge on any atom is -1.00 e. The van der Waals surface area contributed by atoms with Gasteiger partial charge in [-0.15, -0.1) is 140 Å². The monoisotopic (exact) mass is 998 g/mol. The van der Waals surface area contributed by atoms with E-state index in [1.807, 2.05) is 0 Å². The van der Waals surface area contributed by atoms with Gasteiger partial charge in [-0.05, 0) is 20.6 Å². The Labute approximate surface area is 404 Å². The SMILES string of the molecule is CC(C)(C)P(c1cc2ccccc2[cH-]1)C(C)(C)C.CC(C)(C)P(c1cc2ccccc2[cH-]1)C(C)(C)C.[Cl-].[Cl-].[Zr+2].[Zr+2].c1ccc2[cH-]ccc2c1.c1ccc2[cH-]ccc2c1. The third-order valence-corrected chi connectivity index (χ3v) is 16.4. The van der Waals surface area contributed by atoms with Crippen molar-refractivity contribution in [3.63, 3.8) is 0 Å². The minimum absolute atomic E-state index is 0. The van der Waals surface area contributed by atoms with Crippen LogP contribution >= 0.6 is 15.8 Å². The molecule has 0 nitrogen and oxygen atoms in total. The molecule has 0 unspecified atom stereocenters. The fourth-order valence-corrected chi connectivity index (χ4v) is 16.4. The molecular weight excluding hydrogens is 940 g/mol. The van der Waals surface area contributed by atoms with Crippen molar-refractivity contribution in [2.24, 2.45) is 0 Å². The van der Waals surface area contributed by atoms with Crippen LogP contribution in [0.4, 0.5) is 0 Å². The van der Waals surface area contributed by atoms with Crippen molar-refractivity contribution in [3.8, 4) is 0 Å². The largest absolute Gasteiger partial charge is 2.00 e. The zero-order valence-corrected chi connectivity index (χ0v) is 44.9. The van der Waals surface area contributed by atoms with Crippen LogP contribution in [0.3, 0.4) is 0 Å². The Morgan fingerprint density at radius 2 is 0.603 bits per heavy atom. The summed E-state index contributed by atoms with van der Waals surface area (Å²) >= 11 is 0. The standard InChI is InChI=1S/2C17H24P.2C9H7.2ClH.2Zr/c2*1-16(2,3)18(17(4,5)6)15-11-13-9-7-8-10-14(13)12-15;2*1-2-5-9-7-3-6-8(9)4-1;;;;/h2*7-12H,1-6H3;2*1-7H;2*1H;;/q4*-1;;;2*+2/p-2. The Hall–Kier alpha value is -1.47. The van der Waals surface area contributed by atoms with E-state index in [2.05, 4.69) is 241 Å². The molecular formula is C52H62Cl2P2Zr2-2. The molecule has 0 aliphatic heterocycles. The van der Waals surface area contributed by atoms with Gasteiger partial charge in [-0.1, -0.05) is 123 Å².